The monoisotopic (exact) mass is 408 g/mol. The molecule has 0 aliphatic carbocycles. The van der Waals surface area contributed by atoms with Crippen molar-refractivity contribution in [1.82, 2.24) is 9.55 Å². The van der Waals surface area contributed by atoms with Crippen molar-refractivity contribution in [3.8, 4) is 11.5 Å². The molecule has 0 amide bonds. The van der Waals surface area contributed by atoms with E-state index in [1.807, 2.05) is 0 Å². The first kappa shape index (κ1) is 20.8. The molecule has 30 heavy (non-hydrogen) atoms. The summed E-state index contributed by atoms with van der Waals surface area (Å²) >= 11 is 0. The Labute approximate surface area is 173 Å². The van der Waals surface area contributed by atoms with Crippen molar-refractivity contribution in [2.24, 2.45) is 0 Å². The van der Waals surface area contributed by atoms with Crippen molar-refractivity contribution < 1.29 is 28.6 Å². The number of methoxy groups -OCH3 is 2. The van der Waals surface area contributed by atoms with Crippen LogP contribution in [0.15, 0.2) is 54.7 Å². The maximum Gasteiger partial charge on any atom is 0.342 e. The first-order valence-corrected chi connectivity index (χ1v) is 9.03. The van der Waals surface area contributed by atoms with Crippen molar-refractivity contribution in [2.75, 3.05) is 14.2 Å². The normalized spacial score (nSPS) is 10.4. The molecule has 0 saturated carbocycles. The number of carbonyl (C=O) groups is 3. The lowest BCUT2D eigenvalue weighted by Gasteiger charge is -2.13. The quantitative estimate of drug-likeness (QED) is 0.438. The van der Waals surface area contributed by atoms with Crippen LogP contribution in [0.4, 0.5) is 0 Å². The highest BCUT2D eigenvalue weighted by atomic mass is 16.5. The van der Waals surface area contributed by atoms with Crippen molar-refractivity contribution in [2.45, 2.75) is 13.5 Å². The van der Waals surface area contributed by atoms with Crippen LogP contribution >= 0.6 is 0 Å². The molecule has 0 unspecified atom stereocenters. The van der Waals surface area contributed by atoms with Crippen LogP contribution in [0, 0.1) is 0 Å². The van der Waals surface area contributed by atoms with Gasteiger partial charge in [0, 0.05) is 6.92 Å². The number of para-hydroxylation sites is 2. The summed E-state index contributed by atoms with van der Waals surface area (Å²) in [5, 5.41) is 0. The molecule has 2 aromatic carbocycles. The van der Waals surface area contributed by atoms with Gasteiger partial charge < -0.3 is 14.2 Å². The van der Waals surface area contributed by atoms with Gasteiger partial charge in [0.1, 0.15) is 23.7 Å². The van der Waals surface area contributed by atoms with E-state index in [1.54, 1.807) is 48.5 Å². The highest BCUT2D eigenvalue weighted by Gasteiger charge is 2.24. The number of ether oxygens (including phenoxy) is 3. The molecule has 8 heteroatoms. The Morgan fingerprint density at radius 2 is 1.47 bits per heavy atom. The maximum atomic E-state index is 13.2. The van der Waals surface area contributed by atoms with E-state index >= 15 is 0 Å². The van der Waals surface area contributed by atoms with Gasteiger partial charge in [0.15, 0.2) is 11.6 Å². The Balaban J connectivity index is 1.92. The topological polar surface area (TPSA) is 96.7 Å². The molecule has 0 N–H and O–H groups in total. The number of hydrogen-bond acceptors (Lipinski definition) is 7. The molecule has 3 rings (SSSR count). The van der Waals surface area contributed by atoms with E-state index in [2.05, 4.69) is 4.98 Å². The number of esters is 1. The molecular formula is C22H20N2O6. The summed E-state index contributed by atoms with van der Waals surface area (Å²) in [5.74, 6) is -0.893. The zero-order valence-electron chi connectivity index (χ0n) is 16.7. The molecule has 0 fully saturated rings. The number of nitrogens with zero attached hydrogens (tertiary/aromatic N) is 2. The minimum absolute atomic E-state index is 0.0609. The third-order valence-corrected chi connectivity index (χ3v) is 4.37. The molecule has 0 atom stereocenters. The Morgan fingerprint density at radius 3 is 2.07 bits per heavy atom. The molecular weight excluding hydrogens is 388 g/mol. The largest absolute Gasteiger partial charge is 0.496 e. The zero-order chi connectivity index (χ0) is 21.7. The maximum absolute atomic E-state index is 13.2. The molecule has 154 valence electrons. The second-order valence-electron chi connectivity index (χ2n) is 6.25. The van der Waals surface area contributed by atoms with Gasteiger partial charge in [0.25, 0.3) is 5.91 Å². The lowest BCUT2D eigenvalue weighted by Crippen LogP contribution is -2.21. The van der Waals surface area contributed by atoms with Crippen LogP contribution in [0.2, 0.25) is 0 Å². The average Bonchev–Trinajstić information content (AvgIpc) is 3.21. The summed E-state index contributed by atoms with van der Waals surface area (Å²) in [6.07, 6.45) is 1.33. The van der Waals surface area contributed by atoms with E-state index in [-0.39, 0.29) is 29.3 Å². The van der Waals surface area contributed by atoms with E-state index < -0.39 is 17.7 Å². The molecule has 1 heterocycles. The summed E-state index contributed by atoms with van der Waals surface area (Å²) in [6, 6.07) is 13.2. The summed E-state index contributed by atoms with van der Waals surface area (Å²) < 4.78 is 16.9. The Hall–Kier alpha value is -3.94. The lowest BCUT2D eigenvalue weighted by atomic mass is 10.1. The van der Waals surface area contributed by atoms with Crippen LogP contribution in [0.3, 0.4) is 0 Å². The van der Waals surface area contributed by atoms with Crippen LogP contribution in [0.5, 0.6) is 11.5 Å². The van der Waals surface area contributed by atoms with Gasteiger partial charge in [-0.05, 0) is 24.3 Å². The fourth-order valence-electron chi connectivity index (χ4n) is 2.94. The van der Waals surface area contributed by atoms with Gasteiger partial charge in [-0.3, -0.25) is 14.2 Å². The molecule has 3 aromatic rings. The number of Topliss-reactive ketones (excluding diaryl/α,β-unsaturated/α-hetero) is 1. The molecule has 0 radical (unpaired) electrons. The third kappa shape index (κ3) is 4.07. The van der Waals surface area contributed by atoms with E-state index in [9.17, 15) is 14.4 Å². The standard InChI is InChI=1S/C22H20N2O6/c1-14(25)20-23-12-15(13-30-22(27)17-9-5-7-11-19(17)29-3)24(20)21(26)16-8-4-6-10-18(16)28-2/h4-12H,13H2,1-3H3. The van der Waals surface area contributed by atoms with Crippen LogP contribution < -0.4 is 9.47 Å². The van der Waals surface area contributed by atoms with Crippen LogP contribution in [0.25, 0.3) is 0 Å². The number of ketones is 1. The SMILES string of the molecule is COc1ccccc1C(=O)OCc1cnc(C(C)=O)n1C(=O)c1ccccc1OC. The number of benzene rings is 2. The summed E-state index contributed by atoms with van der Waals surface area (Å²) in [7, 11) is 2.90. The highest BCUT2D eigenvalue weighted by Crippen LogP contribution is 2.22. The van der Waals surface area contributed by atoms with Gasteiger partial charge in [0.2, 0.25) is 0 Å². The summed E-state index contributed by atoms with van der Waals surface area (Å²) in [5.41, 5.74) is 0.742. The van der Waals surface area contributed by atoms with E-state index in [1.165, 1.54) is 27.3 Å². The molecule has 1 aromatic heterocycles. The van der Waals surface area contributed by atoms with E-state index in [4.69, 9.17) is 14.2 Å². The average molecular weight is 408 g/mol. The van der Waals surface area contributed by atoms with E-state index in [0.717, 1.165) is 4.57 Å². The Kier molecular flexibility index (Phi) is 6.26. The fourth-order valence-corrected chi connectivity index (χ4v) is 2.94. The molecule has 0 aliphatic rings. The van der Waals surface area contributed by atoms with Crippen LogP contribution in [0.1, 0.15) is 44.0 Å². The number of hydrogen-bond donors (Lipinski definition) is 0. The minimum atomic E-state index is -0.630. The first-order chi connectivity index (χ1) is 14.5. The summed E-state index contributed by atoms with van der Waals surface area (Å²) in [6.45, 7) is 1.04. The molecule has 0 bridgehead atoms. The van der Waals surface area contributed by atoms with Crippen molar-refractivity contribution >= 4 is 17.7 Å². The summed E-state index contributed by atoms with van der Waals surface area (Å²) in [4.78, 5) is 41.7. The second-order valence-corrected chi connectivity index (χ2v) is 6.25. The molecule has 0 saturated heterocycles. The smallest absolute Gasteiger partial charge is 0.342 e. The fraction of sp³-hybridized carbons (Fsp3) is 0.182. The van der Waals surface area contributed by atoms with Gasteiger partial charge >= 0.3 is 5.97 Å². The van der Waals surface area contributed by atoms with Gasteiger partial charge in [-0.25, -0.2) is 9.78 Å². The van der Waals surface area contributed by atoms with Gasteiger partial charge in [-0.1, -0.05) is 24.3 Å². The first-order valence-electron chi connectivity index (χ1n) is 9.03. The van der Waals surface area contributed by atoms with Crippen LogP contribution in [-0.4, -0.2) is 41.4 Å². The van der Waals surface area contributed by atoms with Crippen molar-refractivity contribution in [3.05, 3.63) is 77.4 Å². The van der Waals surface area contributed by atoms with Crippen LogP contribution in [-0.2, 0) is 11.3 Å². The van der Waals surface area contributed by atoms with Gasteiger partial charge in [0.05, 0.1) is 31.7 Å². The van der Waals surface area contributed by atoms with E-state index in [0.29, 0.717) is 11.5 Å². The number of rotatable bonds is 7. The number of imidazole rings is 1. The lowest BCUT2D eigenvalue weighted by molar-refractivity contribution is 0.0457. The Bertz CT molecular complexity index is 1100. The zero-order valence-corrected chi connectivity index (χ0v) is 16.7. The van der Waals surface area contributed by atoms with Gasteiger partial charge in [-0.15, -0.1) is 0 Å². The highest BCUT2D eigenvalue weighted by molar-refractivity contribution is 6.03. The molecule has 8 nitrogen and oxygen atoms in total. The number of carbonyl (C=O) groups excluding carboxylic acids is 3. The minimum Gasteiger partial charge on any atom is -0.496 e. The second kappa shape index (κ2) is 9.04. The van der Waals surface area contributed by atoms with Crippen molar-refractivity contribution in [1.29, 1.82) is 0 Å². The predicted molar refractivity (Wildman–Crippen MR) is 107 cm³/mol. The van der Waals surface area contributed by atoms with Gasteiger partial charge in [-0.2, -0.15) is 0 Å². The Morgan fingerprint density at radius 1 is 0.900 bits per heavy atom. The number of aromatic nitrogens is 2. The van der Waals surface area contributed by atoms with Crippen molar-refractivity contribution in [3.63, 3.8) is 0 Å². The molecule has 0 spiro atoms. The molecule has 0 aliphatic heterocycles. The predicted octanol–water partition coefficient (Wildman–Crippen LogP) is 3.15. The third-order valence-electron chi connectivity index (χ3n) is 4.37.